The van der Waals surface area contributed by atoms with Crippen LogP contribution in [0.5, 0.6) is 0 Å². The molecule has 0 atom stereocenters. The van der Waals surface area contributed by atoms with Gasteiger partial charge >= 0.3 is 5.97 Å². The van der Waals surface area contributed by atoms with Gasteiger partial charge in [0, 0.05) is 12.1 Å². The minimum atomic E-state index is -0.588. The minimum absolute atomic E-state index is 0.286. The molecule has 2 rings (SSSR count). The van der Waals surface area contributed by atoms with E-state index in [-0.39, 0.29) is 12.4 Å². The van der Waals surface area contributed by atoms with Crippen molar-refractivity contribution in [1.29, 1.82) is 0 Å². The molecule has 1 aromatic carbocycles. The fourth-order valence-electron chi connectivity index (χ4n) is 1.72. The number of carbonyl (C=O) groups excluding carboxylic acids is 2. The molecule has 0 radical (unpaired) electrons. The average molecular weight is 300 g/mol. The predicted molar refractivity (Wildman–Crippen MR) is 81.0 cm³/mol. The van der Waals surface area contributed by atoms with Crippen LogP contribution in [0.1, 0.15) is 16.9 Å². The second-order valence-corrected chi connectivity index (χ2v) is 4.67. The smallest absolute Gasteiger partial charge is 0.331 e. The molecule has 6 heteroatoms. The van der Waals surface area contributed by atoms with Crippen molar-refractivity contribution in [3.8, 4) is 0 Å². The van der Waals surface area contributed by atoms with E-state index in [9.17, 15) is 9.59 Å². The zero-order valence-electron chi connectivity index (χ0n) is 12.3. The Balaban J connectivity index is 1.80. The lowest BCUT2D eigenvalue weighted by Crippen LogP contribution is -2.20. The van der Waals surface area contributed by atoms with Crippen molar-refractivity contribution in [3.05, 3.63) is 53.3 Å². The van der Waals surface area contributed by atoms with Gasteiger partial charge in [-0.2, -0.15) is 0 Å². The summed E-state index contributed by atoms with van der Waals surface area (Å²) in [5.74, 6) is -0.205. The molecule has 2 aromatic rings. The molecule has 1 N–H and O–H groups in total. The maximum atomic E-state index is 11.6. The second-order valence-electron chi connectivity index (χ2n) is 4.67. The summed E-state index contributed by atoms with van der Waals surface area (Å²) in [5, 5.41) is 6.06. The van der Waals surface area contributed by atoms with Crippen molar-refractivity contribution < 1.29 is 18.8 Å². The van der Waals surface area contributed by atoms with E-state index in [4.69, 9.17) is 9.26 Å². The second kappa shape index (κ2) is 7.21. The fraction of sp³-hybridized carbons (Fsp3) is 0.188. The van der Waals surface area contributed by atoms with Gasteiger partial charge in [0.25, 0.3) is 5.91 Å². The van der Waals surface area contributed by atoms with Crippen molar-refractivity contribution in [3.63, 3.8) is 0 Å². The molecular weight excluding hydrogens is 284 g/mol. The summed E-state index contributed by atoms with van der Waals surface area (Å²) in [6.07, 6.45) is 2.94. The number of ether oxygens (including phenoxy) is 1. The van der Waals surface area contributed by atoms with Gasteiger partial charge in [-0.25, -0.2) is 4.79 Å². The predicted octanol–water partition coefficient (Wildman–Crippen LogP) is 2.49. The highest BCUT2D eigenvalue weighted by molar-refractivity contribution is 5.94. The molecule has 0 unspecified atom stereocenters. The fourth-order valence-corrected chi connectivity index (χ4v) is 1.72. The van der Waals surface area contributed by atoms with Crippen LogP contribution >= 0.6 is 0 Å². The van der Waals surface area contributed by atoms with E-state index in [2.05, 4.69) is 10.5 Å². The highest BCUT2D eigenvalue weighted by Crippen LogP contribution is 2.09. The molecule has 0 bridgehead atoms. The van der Waals surface area contributed by atoms with E-state index in [0.717, 1.165) is 11.1 Å². The van der Waals surface area contributed by atoms with Crippen LogP contribution < -0.4 is 5.32 Å². The number of hydrogen-bond acceptors (Lipinski definition) is 5. The zero-order chi connectivity index (χ0) is 15.9. The number of benzene rings is 1. The van der Waals surface area contributed by atoms with Crippen molar-refractivity contribution in [2.45, 2.75) is 13.8 Å². The van der Waals surface area contributed by atoms with Crippen LogP contribution in [0.25, 0.3) is 6.08 Å². The third kappa shape index (κ3) is 4.59. The maximum Gasteiger partial charge on any atom is 0.331 e. The Kier molecular flexibility index (Phi) is 5.08. The summed E-state index contributed by atoms with van der Waals surface area (Å²) in [7, 11) is 0. The lowest BCUT2D eigenvalue weighted by molar-refractivity contribution is -0.142. The van der Waals surface area contributed by atoms with Crippen LogP contribution in [0.3, 0.4) is 0 Å². The maximum absolute atomic E-state index is 11.6. The summed E-state index contributed by atoms with van der Waals surface area (Å²) in [6.45, 7) is 3.26. The van der Waals surface area contributed by atoms with Crippen LogP contribution in [0.4, 0.5) is 5.82 Å². The van der Waals surface area contributed by atoms with Crippen LogP contribution in [-0.4, -0.2) is 23.6 Å². The van der Waals surface area contributed by atoms with Crippen molar-refractivity contribution >= 4 is 23.8 Å². The molecule has 0 aliphatic rings. The van der Waals surface area contributed by atoms with Gasteiger partial charge in [-0.1, -0.05) is 29.4 Å². The molecule has 0 spiro atoms. The summed E-state index contributed by atoms with van der Waals surface area (Å²) in [6, 6.07) is 9.20. The Bertz CT molecular complexity index is 704. The number of aromatic nitrogens is 1. The first-order valence-corrected chi connectivity index (χ1v) is 6.68. The van der Waals surface area contributed by atoms with Crippen LogP contribution in [0, 0.1) is 13.8 Å². The Hall–Kier alpha value is -2.89. The first kappa shape index (κ1) is 15.5. The quantitative estimate of drug-likeness (QED) is 0.677. The van der Waals surface area contributed by atoms with Crippen molar-refractivity contribution in [2.75, 3.05) is 11.9 Å². The molecule has 6 nitrogen and oxygen atoms in total. The standard InChI is InChI=1S/C16H16N2O4/c1-11-5-3-4-6-13(11)7-8-16(20)21-10-15(19)17-14-9-12(2)22-18-14/h3-9H,10H2,1-2H3,(H,17,18,19)/b8-7+. The van der Waals surface area contributed by atoms with Gasteiger partial charge in [-0.3, -0.25) is 4.79 Å². The van der Waals surface area contributed by atoms with Gasteiger partial charge in [0.05, 0.1) is 0 Å². The number of aryl methyl sites for hydroxylation is 2. The van der Waals surface area contributed by atoms with E-state index < -0.39 is 11.9 Å². The number of hydrogen-bond donors (Lipinski definition) is 1. The third-order valence-electron chi connectivity index (χ3n) is 2.83. The van der Waals surface area contributed by atoms with Gasteiger partial charge in [0.2, 0.25) is 0 Å². The SMILES string of the molecule is Cc1cc(NC(=O)COC(=O)/C=C/c2ccccc2C)no1. The zero-order valence-corrected chi connectivity index (χ0v) is 12.3. The highest BCUT2D eigenvalue weighted by atomic mass is 16.5. The van der Waals surface area contributed by atoms with Gasteiger partial charge < -0.3 is 14.6 Å². The third-order valence-corrected chi connectivity index (χ3v) is 2.83. The molecule has 0 aliphatic heterocycles. The summed E-state index contributed by atoms with van der Waals surface area (Å²) in [4.78, 5) is 23.1. The van der Waals surface area contributed by atoms with Gasteiger partial charge in [0.15, 0.2) is 12.4 Å². The van der Waals surface area contributed by atoms with Crippen LogP contribution in [0.2, 0.25) is 0 Å². The van der Waals surface area contributed by atoms with E-state index in [1.54, 1.807) is 19.1 Å². The molecule has 1 amide bonds. The van der Waals surface area contributed by atoms with Crippen LogP contribution in [0.15, 0.2) is 40.9 Å². The van der Waals surface area contributed by atoms with E-state index in [0.29, 0.717) is 5.76 Å². The summed E-state index contributed by atoms with van der Waals surface area (Å²) < 4.78 is 9.65. The normalized spacial score (nSPS) is 10.6. The summed E-state index contributed by atoms with van der Waals surface area (Å²) >= 11 is 0. The Morgan fingerprint density at radius 2 is 2.09 bits per heavy atom. The van der Waals surface area contributed by atoms with Gasteiger partial charge in [-0.05, 0) is 31.1 Å². The van der Waals surface area contributed by atoms with Gasteiger partial charge in [-0.15, -0.1) is 0 Å². The number of carbonyl (C=O) groups is 2. The number of rotatable bonds is 5. The number of nitrogens with one attached hydrogen (secondary N) is 1. The molecule has 1 aromatic heterocycles. The number of nitrogens with zero attached hydrogens (tertiary/aromatic N) is 1. The Morgan fingerprint density at radius 1 is 1.32 bits per heavy atom. The van der Waals surface area contributed by atoms with E-state index in [1.165, 1.54) is 6.08 Å². The van der Waals surface area contributed by atoms with Crippen LogP contribution in [-0.2, 0) is 14.3 Å². The summed E-state index contributed by atoms with van der Waals surface area (Å²) in [5.41, 5.74) is 1.97. The largest absolute Gasteiger partial charge is 0.452 e. The lowest BCUT2D eigenvalue weighted by Gasteiger charge is -2.02. The van der Waals surface area contributed by atoms with E-state index >= 15 is 0 Å². The highest BCUT2D eigenvalue weighted by Gasteiger charge is 2.08. The molecule has 0 saturated heterocycles. The minimum Gasteiger partial charge on any atom is -0.452 e. The molecule has 0 saturated carbocycles. The molecular formula is C16H16N2O4. The molecule has 22 heavy (non-hydrogen) atoms. The first-order valence-electron chi connectivity index (χ1n) is 6.68. The number of anilines is 1. The molecule has 114 valence electrons. The Labute approximate surface area is 127 Å². The lowest BCUT2D eigenvalue weighted by atomic mass is 10.1. The Morgan fingerprint density at radius 3 is 2.77 bits per heavy atom. The average Bonchev–Trinajstić information content (AvgIpc) is 2.89. The topological polar surface area (TPSA) is 81.4 Å². The van der Waals surface area contributed by atoms with E-state index in [1.807, 2.05) is 31.2 Å². The molecule has 0 aliphatic carbocycles. The molecule has 0 fully saturated rings. The van der Waals surface area contributed by atoms with Gasteiger partial charge in [0.1, 0.15) is 5.76 Å². The first-order chi connectivity index (χ1) is 10.5. The monoisotopic (exact) mass is 300 g/mol. The number of amides is 1. The van der Waals surface area contributed by atoms with Crippen molar-refractivity contribution in [2.24, 2.45) is 0 Å². The number of esters is 1. The molecule has 1 heterocycles. The van der Waals surface area contributed by atoms with Crippen molar-refractivity contribution in [1.82, 2.24) is 5.16 Å².